The number of carbonyl (C=O) groups excluding carboxylic acids is 3. The zero-order chi connectivity index (χ0) is 20.8. The second-order valence-corrected chi connectivity index (χ2v) is 6.17. The van der Waals surface area contributed by atoms with Crippen LogP contribution < -0.4 is 39.5 Å². The van der Waals surface area contributed by atoms with Gasteiger partial charge < -0.3 is 37.5 Å². The van der Waals surface area contributed by atoms with Gasteiger partial charge in [0, 0.05) is 33.0 Å². The molecule has 0 unspecified atom stereocenters. The SMILES string of the molecule is Cn1cc(NC(=O)c2cc(NC(=O)CF)cn2C)cc1C(=O)NCCC(N)=[NH2+].[Cl-]. The van der Waals surface area contributed by atoms with Crippen molar-refractivity contribution in [2.75, 3.05) is 23.9 Å². The van der Waals surface area contributed by atoms with Gasteiger partial charge in [0.25, 0.3) is 17.7 Å². The Balaban J connectivity index is 0.00000420. The number of hydrogen-bond acceptors (Lipinski definition) is 3. The number of aryl methyl sites for hydroxylation is 2. The zero-order valence-corrected chi connectivity index (χ0v) is 16.7. The van der Waals surface area contributed by atoms with Crippen molar-refractivity contribution in [1.82, 2.24) is 14.5 Å². The molecule has 12 heteroatoms. The van der Waals surface area contributed by atoms with E-state index in [0.29, 0.717) is 30.0 Å². The number of nitrogens with zero attached hydrogens (tertiary/aromatic N) is 2. The average molecular weight is 428 g/mol. The van der Waals surface area contributed by atoms with Gasteiger partial charge in [-0.1, -0.05) is 0 Å². The highest BCUT2D eigenvalue weighted by atomic mass is 35.5. The van der Waals surface area contributed by atoms with Crippen LogP contribution in [0.4, 0.5) is 15.8 Å². The Morgan fingerprint density at radius 1 is 1.03 bits per heavy atom. The third-order valence-corrected chi connectivity index (χ3v) is 3.84. The first-order valence-electron chi connectivity index (χ1n) is 8.36. The van der Waals surface area contributed by atoms with E-state index in [-0.39, 0.29) is 29.8 Å². The average Bonchev–Trinajstić information content (AvgIpc) is 3.16. The summed E-state index contributed by atoms with van der Waals surface area (Å²) in [5, 5.41) is 13.0. The van der Waals surface area contributed by atoms with Crippen molar-refractivity contribution in [3.63, 3.8) is 0 Å². The number of nitrogens with two attached hydrogens (primary N) is 2. The topological polar surface area (TPSA) is 149 Å². The minimum atomic E-state index is -1.15. The third kappa shape index (κ3) is 6.35. The molecule has 0 aromatic carbocycles. The highest BCUT2D eigenvalue weighted by molar-refractivity contribution is 6.05. The first-order valence-corrected chi connectivity index (χ1v) is 8.36. The van der Waals surface area contributed by atoms with Crippen LogP contribution in [0.1, 0.15) is 27.4 Å². The molecule has 3 amide bonds. The minimum Gasteiger partial charge on any atom is -1.00 e. The van der Waals surface area contributed by atoms with Crippen LogP contribution in [-0.2, 0) is 18.9 Å². The second-order valence-electron chi connectivity index (χ2n) is 6.17. The molecule has 0 atom stereocenters. The van der Waals surface area contributed by atoms with E-state index >= 15 is 0 Å². The number of halogens is 2. The van der Waals surface area contributed by atoms with Crippen molar-refractivity contribution in [3.8, 4) is 0 Å². The fraction of sp³-hybridized carbons (Fsp3) is 0.294. The lowest BCUT2D eigenvalue weighted by molar-refractivity contribution is -0.118. The van der Waals surface area contributed by atoms with Gasteiger partial charge in [0.05, 0.1) is 17.8 Å². The highest BCUT2D eigenvalue weighted by Gasteiger charge is 2.17. The van der Waals surface area contributed by atoms with Gasteiger partial charge in [-0.05, 0) is 12.1 Å². The van der Waals surface area contributed by atoms with Gasteiger partial charge in [0.1, 0.15) is 11.4 Å². The molecule has 0 bridgehead atoms. The zero-order valence-electron chi connectivity index (χ0n) is 16.0. The Bertz CT molecular complexity index is 922. The van der Waals surface area contributed by atoms with Gasteiger partial charge >= 0.3 is 0 Å². The summed E-state index contributed by atoms with van der Waals surface area (Å²) in [5.74, 6) is -1.36. The molecule has 2 aromatic heterocycles. The fourth-order valence-electron chi connectivity index (χ4n) is 2.52. The summed E-state index contributed by atoms with van der Waals surface area (Å²) in [7, 11) is 3.28. The molecule has 2 rings (SSSR count). The first-order chi connectivity index (χ1) is 13.2. The molecule has 29 heavy (non-hydrogen) atoms. The van der Waals surface area contributed by atoms with Gasteiger partial charge in [0.15, 0.2) is 6.67 Å². The smallest absolute Gasteiger partial charge is 0.272 e. The van der Waals surface area contributed by atoms with E-state index in [1.807, 2.05) is 0 Å². The summed E-state index contributed by atoms with van der Waals surface area (Å²) in [6.07, 6.45) is 3.44. The summed E-state index contributed by atoms with van der Waals surface area (Å²) >= 11 is 0. The molecule has 0 spiro atoms. The number of amides is 3. The van der Waals surface area contributed by atoms with Crippen LogP contribution in [-0.4, -0.2) is 45.9 Å². The molecular weight excluding hydrogens is 405 g/mol. The molecule has 0 aliphatic rings. The summed E-state index contributed by atoms with van der Waals surface area (Å²) < 4.78 is 15.4. The van der Waals surface area contributed by atoms with Crippen LogP contribution in [0.2, 0.25) is 0 Å². The molecule has 0 aliphatic heterocycles. The maximum Gasteiger partial charge on any atom is 0.272 e. The third-order valence-electron chi connectivity index (χ3n) is 3.84. The molecule has 0 radical (unpaired) electrons. The van der Waals surface area contributed by atoms with Crippen molar-refractivity contribution in [1.29, 1.82) is 0 Å². The maximum absolute atomic E-state index is 12.5. The lowest BCUT2D eigenvalue weighted by Crippen LogP contribution is -3.00. The van der Waals surface area contributed by atoms with Crippen LogP contribution >= 0.6 is 0 Å². The molecule has 0 fully saturated rings. The van der Waals surface area contributed by atoms with Crippen molar-refractivity contribution in [2.45, 2.75) is 6.42 Å². The van der Waals surface area contributed by atoms with E-state index in [1.165, 1.54) is 22.9 Å². The molecule has 2 heterocycles. The monoisotopic (exact) mass is 427 g/mol. The van der Waals surface area contributed by atoms with Crippen molar-refractivity contribution in [3.05, 3.63) is 35.9 Å². The highest BCUT2D eigenvalue weighted by Crippen LogP contribution is 2.17. The summed E-state index contributed by atoms with van der Waals surface area (Å²) in [6, 6.07) is 2.95. The number of aromatic nitrogens is 2. The number of carbonyl (C=O) groups is 3. The largest absolute Gasteiger partial charge is 1.00 e. The van der Waals surface area contributed by atoms with E-state index < -0.39 is 18.5 Å². The van der Waals surface area contributed by atoms with Gasteiger partial charge in [0.2, 0.25) is 5.84 Å². The molecule has 158 valence electrons. The van der Waals surface area contributed by atoms with Crippen LogP contribution in [0.3, 0.4) is 0 Å². The Labute approximate surface area is 172 Å². The fourth-order valence-corrected chi connectivity index (χ4v) is 2.52. The van der Waals surface area contributed by atoms with Crippen molar-refractivity contribution >= 4 is 34.9 Å². The lowest BCUT2D eigenvalue weighted by atomic mass is 10.3. The standard InChI is InChI=1S/C17H22FN7O3.ClH/c1-24-9-11(6-12(24)16(27)21-4-3-14(19)20)23-17(28)13-5-10(8-25(13)2)22-15(26)7-18;/h5-6,8-9H,3-4,7H2,1-2H3,(H3,19,20)(H,21,27)(H,22,26)(H,23,28);1H. The molecule has 0 saturated heterocycles. The van der Waals surface area contributed by atoms with Crippen molar-refractivity contribution < 1.29 is 36.6 Å². The number of anilines is 2. The number of rotatable bonds is 8. The summed E-state index contributed by atoms with van der Waals surface area (Å²) in [5.41, 5.74) is 6.67. The van der Waals surface area contributed by atoms with Crippen molar-refractivity contribution in [2.24, 2.45) is 19.8 Å². The van der Waals surface area contributed by atoms with E-state index in [1.54, 1.807) is 24.9 Å². The molecule has 2 aromatic rings. The first kappa shape index (κ1) is 23.7. The maximum atomic E-state index is 12.5. The van der Waals surface area contributed by atoms with E-state index in [0.717, 1.165) is 0 Å². The predicted molar refractivity (Wildman–Crippen MR) is 101 cm³/mol. The number of alkyl halides is 1. The summed E-state index contributed by atoms with van der Waals surface area (Å²) in [6.45, 7) is -0.855. The lowest BCUT2D eigenvalue weighted by Gasteiger charge is -2.03. The number of amidine groups is 1. The second kappa shape index (κ2) is 10.3. The Morgan fingerprint density at radius 2 is 1.55 bits per heavy atom. The van der Waals surface area contributed by atoms with Crippen LogP contribution in [0, 0.1) is 0 Å². The predicted octanol–water partition coefficient (Wildman–Crippen LogP) is -4.24. The van der Waals surface area contributed by atoms with Gasteiger partial charge in [-0.2, -0.15) is 0 Å². The van der Waals surface area contributed by atoms with Gasteiger partial charge in [-0.3, -0.25) is 25.5 Å². The number of hydrogen-bond donors (Lipinski definition) is 5. The Hall–Kier alpha value is -3.34. The quantitative estimate of drug-likeness (QED) is 0.214. The molecular formula is C17H23ClFN7O3. The minimum absolute atomic E-state index is 0. The number of nitrogens with one attached hydrogen (secondary N) is 3. The van der Waals surface area contributed by atoms with Crippen LogP contribution in [0.25, 0.3) is 0 Å². The Morgan fingerprint density at radius 3 is 2.07 bits per heavy atom. The Kier molecular flexibility index (Phi) is 8.39. The van der Waals surface area contributed by atoms with E-state index in [9.17, 15) is 18.8 Å². The van der Waals surface area contributed by atoms with E-state index in [4.69, 9.17) is 11.1 Å². The van der Waals surface area contributed by atoms with Crippen LogP contribution in [0.15, 0.2) is 24.5 Å². The normalized spacial score (nSPS) is 10.0. The van der Waals surface area contributed by atoms with Crippen LogP contribution in [0.5, 0.6) is 0 Å². The van der Waals surface area contributed by atoms with E-state index in [2.05, 4.69) is 16.0 Å². The summed E-state index contributed by atoms with van der Waals surface area (Å²) in [4.78, 5) is 35.8. The molecule has 0 saturated carbocycles. The molecule has 10 nitrogen and oxygen atoms in total. The molecule has 0 aliphatic carbocycles. The van der Waals surface area contributed by atoms with Gasteiger partial charge in [-0.15, -0.1) is 0 Å². The van der Waals surface area contributed by atoms with Gasteiger partial charge in [-0.25, -0.2) is 4.39 Å². The molecule has 7 N–H and O–H groups in total.